The van der Waals surface area contributed by atoms with Crippen molar-refractivity contribution in [1.82, 2.24) is 9.38 Å². The quantitative estimate of drug-likeness (QED) is 0.453. The van der Waals surface area contributed by atoms with E-state index in [2.05, 4.69) is 11.9 Å². The van der Waals surface area contributed by atoms with Crippen LogP contribution in [0.1, 0.15) is 42.1 Å². The summed E-state index contributed by atoms with van der Waals surface area (Å²) in [5.41, 5.74) is 2.76. The summed E-state index contributed by atoms with van der Waals surface area (Å²) >= 11 is 1.36. The zero-order valence-electron chi connectivity index (χ0n) is 14.7. The van der Waals surface area contributed by atoms with Crippen LogP contribution < -0.4 is 4.74 Å². The SMILES string of the molecule is CCCCOc1ccc(-c2cn3c(C)c(C(=O)OCC)sc3n2)cc1. The highest BCUT2D eigenvalue weighted by atomic mass is 32.1. The molecule has 0 saturated heterocycles. The predicted octanol–water partition coefficient (Wildman–Crippen LogP) is 4.73. The third-order valence-corrected chi connectivity index (χ3v) is 5.07. The number of hydrogen-bond acceptors (Lipinski definition) is 5. The van der Waals surface area contributed by atoms with E-state index in [9.17, 15) is 4.79 Å². The van der Waals surface area contributed by atoms with Gasteiger partial charge in [0, 0.05) is 17.5 Å². The fourth-order valence-electron chi connectivity index (χ4n) is 2.53. The first-order valence-corrected chi connectivity index (χ1v) is 9.34. The molecule has 0 bridgehead atoms. The molecule has 25 heavy (non-hydrogen) atoms. The number of rotatable bonds is 7. The first kappa shape index (κ1) is 17.5. The largest absolute Gasteiger partial charge is 0.494 e. The van der Waals surface area contributed by atoms with Crippen LogP contribution in [0.25, 0.3) is 16.2 Å². The van der Waals surface area contributed by atoms with Crippen molar-refractivity contribution in [2.24, 2.45) is 0 Å². The molecule has 3 aromatic rings. The summed E-state index contributed by atoms with van der Waals surface area (Å²) in [5, 5.41) is 0. The maximum atomic E-state index is 12.0. The summed E-state index contributed by atoms with van der Waals surface area (Å²) in [6.45, 7) is 6.97. The van der Waals surface area contributed by atoms with Gasteiger partial charge in [0.1, 0.15) is 10.6 Å². The topological polar surface area (TPSA) is 52.8 Å². The fourth-order valence-corrected chi connectivity index (χ4v) is 3.53. The van der Waals surface area contributed by atoms with Gasteiger partial charge in [0.25, 0.3) is 0 Å². The second-order valence-electron chi connectivity index (χ2n) is 5.74. The highest BCUT2D eigenvalue weighted by Crippen LogP contribution is 2.28. The van der Waals surface area contributed by atoms with Crippen LogP contribution in [0.5, 0.6) is 5.75 Å². The van der Waals surface area contributed by atoms with Crippen molar-refractivity contribution < 1.29 is 14.3 Å². The zero-order chi connectivity index (χ0) is 17.8. The Labute approximate surface area is 151 Å². The van der Waals surface area contributed by atoms with Gasteiger partial charge in [0.15, 0.2) is 4.96 Å². The average molecular weight is 358 g/mol. The minimum atomic E-state index is -0.286. The minimum Gasteiger partial charge on any atom is -0.494 e. The molecular formula is C19H22N2O3S. The first-order valence-electron chi connectivity index (χ1n) is 8.52. The van der Waals surface area contributed by atoms with Gasteiger partial charge in [-0.05, 0) is 44.5 Å². The fraction of sp³-hybridized carbons (Fsp3) is 0.368. The van der Waals surface area contributed by atoms with Crippen LogP contribution >= 0.6 is 11.3 Å². The van der Waals surface area contributed by atoms with Crippen LogP contribution in [-0.4, -0.2) is 28.6 Å². The number of aromatic nitrogens is 2. The van der Waals surface area contributed by atoms with Crippen LogP contribution in [0.15, 0.2) is 30.5 Å². The lowest BCUT2D eigenvalue weighted by Gasteiger charge is -2.05. The monoisotopic (exact) mass is 358 g/mol. The molecule has 3 rings (SSSR count). The number of nitrogens with zero attached hydrogens (tertiary/aromatic N) is 2. The van der Waals surface area contributed by atoms with E-state index in [4.69, 9.17) is 9.47 Å². The van der Waals surface area contributed by atoms with Crippen LogP contribution in [0.2, 0.25) is 0 Å². The smallest absolute Gasteiger partial charge is 0.350 e. The standard InChI is InChI=1S/C19H22N2O3S/c1-4-6-11-24-15-9-7-14(8-10-15)16-12-21-13(3)17(18(22)23-5-2)25-19(21)20-16/h7-10,12H,4-6,11H2,1-3H3. The first-order chi connectivity index (χ1) is 12.1. The van der Waals surface area contributed by atoms with Gasteiger partial charge < -0.3 is 9.47 Å². The number of thiazole rings is 1. The molecule has 0 N–H and O–H groups in total. The molecule has 0 aliphatic heterocycles. The van der Waals surface area contributed by atoms with E-state index >= 15 is 0 Å². The van der Waals surface area contributed by atoms with Gasteiger partial charge in [0.2, 0.25) is 0 Å². The van der Waals surface area contributed by atoms with Crippen molar-refractivity contribution >= 4 is 22.3 Å². The normalized spacial score (nSPS) is 11.0. The lowest BCUT2D eigenvalue weighted by Crippen LogP contribution is -2.04. The molecular weight excluding hydrogens is 336 g/mol. The van der Waals surface area contributed by atoms with Gasteiger partial charge in [-0.15, -0.1) is 0 Å². The summed E-state index contributed by atoms with van der Waals surface area (Å²) in [4.78, 5) is 18.0. The van der Waals surface area contributed by atoms with Crippen LogP contribution in [0.4, 0.5) is 0 Å². The molecule has 0 radical (unpaired) electrons. The second kappa shape index (κ2) is 7.70. The number of carbonyl (C=O) groups excluding carboxylic acids is 1. The molecule has 0 aliphatic carbocycles. The Morgan fingerprint density at radius 3 is 2.64 bits per heavy atom. The molecule has 0 aliphatic rings. The number of aryl methyl sites for hydroxylation is 1. The molecule has 1 aromatic carbocycles. The number of ether oxygens (including phenoxy) is 2. The van der Waals surface area contributed by atoms with Gasteiger partial charge in [0.05, 0.1) is 18.9 Å². The van der Waals surface area contributed by atoms with Crippen LogP contribution in [-0.2, 0) is 4.74 Å². The Bertz CT molecular complexity index is 865. The molecule has 0 amide bonds. The van der Waals surface area contributed by atoms with Crippen molar-refractivity contribution in [2.45, 2.75) is 33.6 Å². The summed E-state index contributed by atoms with van der Waals surface area (Å²) in [5.74, 6) is 0.588. The zero-order valence-corrected chi connectivity index (χ0v) is 15.6. The number of hydrogen-bond donors (Lipinski definition) is 0. The Balaban J connectivity index is 1.81. The number of benzene rings is 1. The van der Waals surface area contributed by atoms with Crippen LogP contribution in [0, 0.1) is 6.92 Å². The Kier molecular flexibility index (Phi) is 5.38. The Morgan fingerprint density at radius 1 is 1.24 bits per heavy atom. The van der Waals surface area contributed by atoms with E-state index in [1.165, 1.54) is 11.3 Å². The van der Waals surface area contributed by atoms with Crippen molar-refractivity contribution in [1.29, 1.82) is 0 Å². The average Bonchev–Trinajstić information content (AvgIpc) is 3.16. The van der Waals surface area contributed by atoms with E-state index in [1.807, 2.05) is 41.8 Å². The summed E-state index contributed by atoms with van der Waals surface area (Å²) in [6.07, 6.45) is 4.13. The van der Waals surface area contributed by atoms with E-state index in [-0.39, 0.29) is 5.97 Å². The summed E-state index contributed by atoms with van der Waals surface area (Å²) < 4.78 is 12.7. The molecule has 0 saturated carbocycles. The number of unbranched alkanes of at least 4 members (excludes halogenated alkanes) is 1. The van der Waals surface area contributed by atoms with Crippen molar-refractivity contribution in [2.75, 3.05) is 13.2 Å². The van der Waals surface area contributed by atoms with E-state index in [1.54, 1.807) is 6.92 Å². The van der Waals surface area contributed by atoms with Gasteiger partial charge >= 0.3 is 5.97 Å². The predicted molar refractivity (Wildman–Crippen MR) is 99.6 cm³/mol. The molecule has 2 aromatic heterocycles. The van der Waals surface area contributed by atoms with E-state index in [0.29, 0.717) is 11.5 Å². The molecule has 6 heteroatoms. The Morgan fingerprint density at radius 2 is 2.00 bits per heavy atom. The van der Waals surface area contributed by atoms with Gasteiger partial charge in [-0.25, -0.2) is 9.78 Å². The molecule has 0 spiro atoms. The summed E-state index contributed by atoms with van der Waals surface area (Å²) in [7, 11) is 0. The van der Waals surface area contributed by atoms with E-state index in [0.717, 1.165) is 47.1 Å². The Hall–Kier alpha value is -2.34. The number of carbonyl (C=O) groups is 1. The molecule has 0 atom stereocenters. The van der Waals surface area contributed by atoms with Crippen molar-refractivity contribution in [3.8, 4) is 17.0 Å². The van der Waals surface area contributed by atoms with Crippen LogP contribution in [0.3, 0.4) is 0 Å². The third-order valence-electron chi connectivity index (χ3n) is 3.93. The maximum absolute atomic E-state index is 12.0. The maximum Gasteiger partial charge on any atom is 0.350 e. The third kappa shape index (κ3) is 3.69. The molecule has 5 nitrogen and oxygen atoms in total. The van der Waals surface area contributed by atoms with Gasteiger partial charge in [-0.1, -0.05) is 24.7 Å². The molecule has 0 fully saturated rings. The second-order valence-corrected chi connectivity index (χ2v) is 6.72. The lowest BCUT2D eigenvalue weighted by atomic mass is 10.1. The lowest BCUT2D eigenvalue weighted by molar-refractivity contribution is 0.0531. The highest BCUT2D eigenvalue weighted by molar-refractivity contribution is 7.19. The molecule has 0 unspecified atom stereocenters. The van der Waals surface area contributed by atoms with Crippen molar-refractivity contribution in [3.05, 3.63) is 41.0 Å². The molecule has 132 valence electrons. The number of imidazole rings is 1. The van der Waals surface area contributed by atoms with Gasteiger partial charge in [-0.2, -0.15) is 0 Å². The minimum absolute atomic E-state index is 0.286. The van der Waals surface area contributed by atoms with E-state index < -0.39 is 0 Å². The number of fused-ring (bicyclic) bond motifs is 1. The highest BCUT2D eigenvalue weighted by Gasteiger charge is 2.18. The van der Waals surface area contributed by atoms with Crippen molar-refractivity contribution in [3.63, 3.8) is 0 Å². The number of esters is 1. The van der Waals surface area contributed by atoms with Gasteiger partial charge in [-0.3, -0.25) is 4.40 Å². The molecule has 2 heterocycles. The summed E-state index contributed by atoms with van der Waals surface area (Å²) in [6, 6.07) is 7.95.